The molecule has 3 rings (SSSR count). The van der Waals surface area contributed by atoms with Crippen molar-refractivity contribution in [2.45, 2.75) is 26.8 Å². The van der Waals surface area contributed by atoms with Gasteiger partial charge in [0.2, 0.25) is 5.91 Å². The number of rotatable bonds is 6. The van der Waals surface area contributed by atoms with E-state index in [1.54, 1.807) is 6.20 Å². The summed E-state index contributed by atoms with van der Waals surface area (Å²) >= 11 is 0. The molecule has 0 saturated heterocycles. The van der Waals surface area contributed by atoms with Crippen LogP contribution >= 0.6 is 0 Å². The maximum Gasteiger partial charge on any atom is 0.228 e. The van der Waals surface area contributed by atoms with E-state index in [0.717, 1.165) is 23.5 Å². The third-order valence-corrected chi connectivity index (χ3v) is 4.22. The lowest BCUT2D eigenvalue weighted by atomic mass is 10.1. The van der Waals surface area contributed by atoms with Crippen LogP contribution in [0.5, 0.6) is 0 Å². The van der Waals surface area contributed by atoms with Gasteiger partial charge in [-0.05, 0) is 42.7 Å². The van der Waals surface area contributed by atoms with Gasteiger partial charge in [0.25, 0.3) is 0 Å². The highest BCUT2D eigenvalue weighted by Crippen LogP contribution is 2.13. The summed E-state index contributed by atoms with van der Waals surface area (Å²) in [7, 11) is 0. The highest BCUT2D eigenvalue weighted by atomic mass is 16.1. The van der Waals surface area contributed by atoms with Crippen LogP contribution in [0.1, 0.15) is 22.3 Å². The molecule has 0 unspecified atom stereocenters. The molecule has 0 bridgehead atoms. The molecular formula is C22H23N3O. The highest BCUT2D eigenvalue weighted by Gasteiger charge is 2.05. The number of aromatic nitrogens is 1. The second-order valence-corrected chi connectivity index (χ2v) is 6.43. The number of hydrogen-bond acceptors (Lipinski definition) is 3. The summed E-state index contributed by atoms with van der Waals surface area (Å²) in [5, 5.41) is 6.20. The van der Waals surface area contributed by atoms with Crippen molar-refractivity contribution in [3.05, 3.63) is 89.1 Å². The zero-order valence-corrected chi connectivity index (χ0v) is 15.1. The Morgan fingerprint density at radius 1 is 1.00 bits per heavy atom. The first kappa shape index (κ1) is 17.7. The fourth-order valence-electron chi connectivity index (χ4n) is 2.78. The van der Waals surface area contributed by atoms with Crippen molar-refractivity contribution in [3.8, 4) is 0 Å². The molecule has 0 fully saturated rings. The summed E-state index contributed by atoms with van der Waals surface area (Å²) in [5.41, 5.74) is 5.35. The van der Waals surface area contributed by atoms with Crippen LogP contribution < -0.4 is 10.6 Å². The van der Waals surface area contributed by atoms with Crippen LogP contribution in [0.2, 0.25) is 0 Å². The highest BCUT2D eigenvalue weighted by molar-refractivity contribution is 5.92. The molecule has 26 heavy (non-hydrogen) atoms. The van der Waals surface area contributed by atoms with E-state index in [0.29, 0.717) is 12.1 Å². The van der Waals surface area contributed by atoms with E-state index in [2.05, 4.69) is 34.7 Å². The van der Waals surface area contributed by atoms with Gasteiger partial charge in [-0.15, -0.1) is 0 Å². The molecule has 0 atom stereocenters. The first-order valence-electron chi connectivity index (χ1n) is 8.70. The average molecular weight is 345 g/mol. The Morgan fingerprint density at radius 3 is 2.58 bits per heavy atom. The van der Waals surface area contributed by atoms with Gasteiger partial charge in [0.1, 0.15) is 5.82 Å². The first-order chi connectivity index (χ1) is 12.6. The largest absolute Gasteiger partial charge is 0.366 e. The molecule has 4 nitrogen and oxygen atoms in total. The minimum atomic E-state index is -0.0435. The molecular weight excluding hydrogens is 322 g/mol. The van der Waals surface area contributed by atoms with Gasteiger partial charge >= 0.3 is 0 Å². The average Bonchev–Trinajstić information content (AvgIpc) is 2.62. The molecule has 1 aromatic heterocycles. The monoisotopic (exact) mass is 345 g/mol. The number of aryl methyl sites for hydroxylation is 2. The number of hydrogen-bond donors (Lipinski definition) is 2. The zero-order valence-electron chi connectivity index (χ0n) is 15.1. The number of nitrogens with one attached hydrogen (secondary N) is 2. The van der Waals surface area contributed by atoms with Crippen LogP contribution in [0.25, 0.3) is 0 Å². The Hall–Kier alpha value is -3.14. The maximum atomic E-state index is 12.2. The van der Waals surface area contributed by atoms with Crippen LogP contribution in [0.4, 0.5) is 11.5 Å². The maximum absolute atomic E-state index is 12.2. The molecule has 0 radical (unpaired) electrons. The number of nitrogens with zero attached hydrogens (tertiary/aromatic N) is 1. The lowest BCUT2D eigenvalue weighted by Crippen LogP contribution is -2.14. The number of benzene rings is 2. The SMILES string of the molecule is Cc1cccc(CC(=O)Nc2ccc(NCc3ccccc3C)nc2)c1. The van der Waals surface area contributed by atoms with Gasteiger partial charge in [-0.1, -0.05) is 54.1 Å². The van der Waals surface area contributed by atoms with Crippen molar-refractivity contribution in [1.29, 1.82) is 0 Å². The number of carbonyl (C=O) groups excluding carboxylic acids is 1. The minimum absolute atomic E-state index is 0.0435. The lowest BCUT2D eigenvalue weighted by Gasteiger charge is -2.09. The Kier molecular flexibility index (Phi) is 5.64. The quantitative estimate of drug-likeness (QED) is 0.692. The smallest absolute Gasteiger partial charge is 0.228 e. The Morgan fingerprint density at radius 2 is 1.85 bits per heavy atom. The van der Waals surface area contributed by atoms with E-state index in [4.69, 9.17) is 0 Å². The summed E-state index contributed by atoms with van der Waals surface area (Å²) < 4.78 is 0. The molecule has 2 N–H and O–H groups in total. The Balaban J connectivity index is 1.54. The van der Waals surface area contributed by atoms with Gasteiger partial charge in [0.05, 0.1) is 18.3 Å². The molecule has 0 aliphatic heterocycles. The molecule has 0 aliphatic carbocycles. The first-order valence-corrected chi connectivity index (χ1v) is 8.70. The summed E-state index contributed by atoms with van der Waals surface area (Å²) in [5.74, 6) is 0.739. The third kappa shape index (κ3) is 4.93. The van der Waals surface area contributed by atoms with Crippen molar-refractivity contribution in [3.63, 3.8) is 0 Å². The van der Waals surface area contributed by atoms with Crippen molar-refractivity contribution >= 4 is 17.4 Å². The number of amides is 1. The van der Waals surface area contributed by atoms with Crippen molar-refractivity contribution in [2.75, 3.05) is 10.6 Å². The van der Waals surface area contributed by atoms with Crippen LogP contribution in [-0.2, 0) is 17.8 Å². The van der Waals surface area contributed by atoms with Gasteiger partial charge < -0.3 is 10.6 Å². The summed E-state index contributed by atoms with van der Waals surface area (Å²) in [6.45, 7) is 4.84. The summed E-state index contributed by atoms with van der Waals surface area (Å²) in [6, 6.07) is 20.0. The third-order valence-electron chi connectivity index (χ3n) is 4.22. The minimum Gasteiger partial charge on any atom is -0.366 e. The number of carbonyl (C=O) groups is 1. The lowest BCUT2D eigenvalue weighted by molar-refractivity contribution is -0.115. The standard InChI is InChI=1S/C22H23N3O/c1-16-6-5-8-18(12-16)13-22(26)25-20-10-11-21(24-15-20)23-14-19-9-4-3-7-17(19)2/h3-12,15H,13-14H2,1-2H3,(H,23,24)(H,25,26). The fraction of sp³-hybridized carbons (Fsp3) is 0.182. The molecule has 132 valence electrons. The molecule has 4 heteroatoms. The molecule has 0 spiro atoms. The predicted octanol–water partition coefficient (Wildman–Crippen LogP) is 4.49. The van der Waals surface area contributed by atoms with Crippen LogP contribution in [0.3, 0.4) is 0 Å². The fourth-order valence-corrected chi connectivity index (χ4v) is 2.78. The second kappa shape index (κ2) is 8.30. The Bertz CT molecular complexity index is 888. The van der Waals surface area contributed by atoms with Gasteiger partial charge in [-0.2, -0.15) is 0 Å². The van der Waals surface area contributed by atoms with Crippen LogP contribution in [0, 0.1) is 13.8 Å². The van der Waals surface area contributed by atoms with E-state index >= 15 is 0 Å². The molecule has 1 amide bonds. The predicted molar refractivity (Wildman–Crippen MR) is 106 cm³/mol. The molecule has 1 heterocycles. The van der Waals surface area contributed by atoms with Gasteiger partial charge in [-0.3, -0.25) is 4.79 Å². The van der Waals surface area contributed by atoms with E-state index < -0.39 is 0 Å². The van der Waals surface area contributed by atoms with E-state index in [9.17, 15) is 4.79 Å². The van der Waals surface area contributed by atoms with Crippen LogP contribution in [-0.4, -0.2) is 10.9 Å². The van der Waals surface area contributed by atoms with E-state index in [1.807, 2.05) is 55.5 Å². The van der Waals surface area contributed by atoms with Crippen molar-refractivity contribution in [1.82, 2.24) is 4.98 Å². The zero-order chi connectivity index (χ0) is 18.4. The van der Waals surface area contributed by atoms with E-state index in [1.165, 1.54) is 11.1 Å². The van der Waals surface area contributed by atoms with Crippen molar-refractivity contribution in [2.24, 2.45) is 0 Å². The second-order valence-electron chi connectivity index (χ2n) is 6.43. The van der Waals surface area contributed by atoms with E-state index in [-0.39, 0.29) is 5.91 Å². The molecule has 0 aliphatic rings. The number of anilines is 2. The number of pyridine rings is 1. The van der Waals surface area contributed by atoms with Crippen molar-refractivity contribution < 1.29 is 4.79 Å². The molecule has 2 aromatic carbocycles. The normalized spacial score (nSPS) is 10.4. The summed E-state index contributed by atoms with van der Waals surface area (Å²) in [4.78, 5) is 16.5. The topological polar surface area (TPSA) is 54.0 Å². The molecule has 3 aromatic rings. The van der Waals surface area contributed by atoms with Crippen LogP contribution in [0.15, 0.2) is 66.9 Å². The molecule has 0 saturated carbocycles. The van der Waals surface area contributed by atoms with Gasteiger partial charge in [-0.25, -0.2) is 4.98 Å². The van der Waals surface area contributed by atoms with Gasteiger partial charge in [0, 0.05) is 6.54 Å². The summed E-state index contributed by atoms with van der Waals surface area (Å²) in [6.07, 6.45) is 2.03. The van der Waals surface area contributed by atoms with Gasteiger partial charge in [0.15, 0.2) is 0 Å². The Labute approximate surface area is 154 Å².